The molecule has 2 aromatic carbocycles. The van der Waals surface area contributed by atoms with Crippen molar-refractivity contribution in [2.75, 3.05) is 0 Å². The van der Waals surface area contributed by atoms with E-state index in [1.54, 1.807) is 12.1 Å². The molecule has 0 aliphatic carbocycles. The van der Waals surface area contributed by atoms with Gasteiger partial charge in [-0.3, -0.25) is 4.79 Å². The zero-order valence-electron chi connectivity index (χ0n) is 11.5. The Morgan fingerprint density at radius 2 is 1.80 bits per heavy atom. The third-order valence-corrected chi connectivity index (χ3v) is 3.49. The van der Waals surface area contributed by atoms with Crippen LogP contribution in [0.4, 0.5) is 4.39 Å². The van der Waals surface area contributed by atoms with Crippen molar-refractivity contribution in [3.05, 3.63) is 59.9 Å². The lowest BCUT2D eigenvalue weighted by atomic mass is 9.98. The minimum Gasteiger partial charge on any atom is -0.369 e. The highest BCUT2D eigenvalue weighted by atomic mass is 19.1. The van der Waals surface area contributed by atoms with Crippen LogP contribution in [0.25, 0.3) is 11.1 Å². The van der Waals surface area contributed by atoms with Gasteiger partial charge in [0.2, 0.25) is 5.91 Å². The molecular weight excluding hydrogens is 253 g/mol. The Kier molecular flexibility index (Phi) is 4.51. The highest BCUT2D eigenvalue weighted by molar-refractivity contribution is 5.76. The molecular formula is C17H18FNO. The number of amides is 1. The van der Waals surface area contributed by atoms with Crippen molar-refractivity contribution in [2.45, 2.75) is 19.8 Å². The Morgan fingerprint density at radius 1 is 1.15 bits per heavy atom. The van der Waals surface area contributed by atoms with Gasteiger partial charge in [0.05, 0.1) is 0 Å². The van der Waals surface area contributed by atoms with Crippen LogP contribution in [-0.4, -0.2) is 5.91 Å². The molecule has 0 saturated heterocycles. The Balaban J connectivity index is 2.07. The molecule has 0 aliphatic rings. The number of hydrogen-bond donors (Lipinski definition) is 1. The Bertz CT molecular complexity index is 592. The van der Waals surface area contributed by atoms with E-state index in [9.17, 15) is 9.18 Å². The summed E-state index contributed by atoms with van der Waals surface area (Å²) in [5, 5.41) is 0. The van der Waals surface area contributed by atoms with E-state index >= 15 is 0 Å². The SMILES string of the molecule is C[C@H](CCc1ccc(-c2ccccc2F)cc1)C(N)=O. The molecule has 0 spiro atoms. The monoisotopic (exact) mass is 271 g/mol. The van der Waals surface area contributed by atoms with Crippen LogP contribution in [0.5, 0.6) is 0 Å². The minimum absolute atomic E-state index is 0.124. The van der Waals surface area contributed by atoms with E-state index in [4.69, 9.17) is 5.73 Å². The number of halogens is 1. The Hall–Kier alpha value is -2.16. The molecule has 0 aliphatic heterocycles. The van der Waals surface area contributed by atoms with Crippen molar-refractivity contribution in [1.29, 1.82) is 0 Å². The van der Waals surface area contributed by atoms with Gasteiger partial charge in [0, 0.05) is 11.5 Å². The van der Waals surface area contributed by atoms with Crippen molar-refractivity contribution < 1.29 is 9.18 Å². The zero-order valence-corrected chi connectivity index (χ0v) is 11.5. The summed E-state index contributed by atoms with van der Waals surface area (Å²) in [6, 6.07) is 14.5. The van der Waals surface area contributed by atoms with Crippen molar-refractivity contribution in [3.63, 3.8) is 0 Å². The number of aryl methyl sites for hydroxylation is 1. The first-order valence-electron chi connectivity index (χ1n) is 6.71. The lowest BCUT2D eigenvalue weighted by molar-refractivity contribution is -0.121. The number of hydrogen-bond acceptors (Lipinski definition) is 1. The molecule has 1 atom stereocenters. The van der Waals surface area contributed by atoms with Gasteiger partial charge in [-0.05, 0) is 30.0 Å². The molecule has 0 saturated carbocycles. The number of benzene rings is 2. The summed E-state index contributed by atoms with van der Waals surface area (Å²) < 4.78 is 13.7. The minimum atomic E-state index is -0.270. The molecule has 0 bridgehead atoms. The van der Waals surface area contributed by atoms with Crippen molar-refractivity contribution in [1.82, 2.24) is 0 Å². The summed E-state index contributed by atoms with van der Waals surface area (Å²) in [5.41, 5.74) is 7.82. The van der Waals surface area contributed by atoms with Gasteiger partial charge in [-0.1, -0.05) is 49.4 Å². The lowest BCUT2D eigenvalue weighted by Gasteiger charge is -2.08. The van der Waals surface area contributed by atoms with E-state index in [1.807, 2.05) is 37.3 Å². The van der Waals surface area contributed by atoms with Crippen molar-refractivity contribution in [3.8, 4) is 11.1 Å². The predicted molar refractivity (Wildman–Crippen MR) is 78.5 cm³/mol. The fourth-order valence-electron chi connectivity index (χ4n) is 2.07. The summed E-state index contributed by atoms with van der Waals surface area (Å²) in [5.74, 6) is -0.614. The second-order valence-corrected chi connectivity index (χ2v) is 5.02. The maximum Gasteiger partial charge on any atom is 0.220 e. The van der Waals surface area contributed by atoms with Gasteiger partial charge in [-0.2, -0.15) is 0 Å². The van der Waals surface area contributed by atoms with Gasteiger partial charge in [-0.25, -0.2) is 4.39 Å². The first-order chi connectivity index (χ1) is 9.58. The van der Waals surface area contributed by atoms with Gasteiger partial charge < -0.3 is 5.73 Å². The normalized spacial score (nSPS) is 12.1. The van der Waals surface area contributed by atoms with E-state index in [0.29, 0.717) is 5.56 Å². The molecule has 2 rings (SSSR count). The molecule has 0 fully saturated rings. The van der Waals surface area contributed by atoms with Crippen LogP contribution in [0.1, 0.15) is 18.9 Å². The summed E-state index contributed by atoms with van der Waals surface area (Å²) in [6.45, 7) is 1.83. The zero-order chi connectivity index (χ0) is 14.5. The van der Waals surface area contributed by atoms with E-state index in [-0.39, 0.29) is 17.6 Å². The van der Waals surface area contributed by atoms with Gasteiger partial charge in [0.15, 0.2) is 0 Å². The van der Waals surface area contributed by atoms with Gasteiger partial charge in [0.1, 0.15) is 5.82 Å². The van der Waals surface area contributed by atoms with Gasteiger partial charge in [-0.15, -0.1) is 0 Å². The molecule has 2 nitrogen and oxygen atoms in total. The molecule has 0 aromatic heterocycles. The number of carbonyl (C=O) groups is 1. The predicted octanol–water partition coefficient (Wildman–Crippen LogP) is 3.55. The summed E-state index contributed by atoms with van der Waals surface area (Å²) >= 11 is 0. The van der Waals surface area contributed by atoms with Crippen LogP contribution >= 0.6 is 0 Å². The third kappa shape index (κ3) is 3.44. The number of primary amides is 1. The van der Waals surface area contributed by atoms with Crippen molar-refractivity contribution >= 4 is 5.91 Å². The van der Waals surface area contributed by atoms with Crippen LogP contribution in [0.3, 0.4) is 0 Å². The molecule has 2 aromatic rings. The third-order valence-electron chi connectivity index (χ3n) is 3.49. The number of carbonyl (C=O) groups excluding carboxylic acids is 1. The molecule has 0 heterocycles. The summed E-state index contributed by atoms with van der Waals surface area (Å²) in [6.07, 6.45) is 1.52. The van der Waals surface area contributed by atoms with Gasteiger partial charge >= 0.3 is 0 Å². The second-order valence-electron chi connectivity index (χ2n) is 5.02. The molecule has 104 valence electrons. The molecule has 1 amide bonds. The number of rotatable bonds is 5. The maximum atomic E-state index is 13.7. The molecule has 0 radical (unpaired) electrons. The Labute approximate surface area is 118 Å². The highest BCUT2D eigenvalue weighted by Gasteiger charge is 2.09. The summed E-state index contributed by atoms with van der Waals surface area (Å²) in [7, 11) is 0. The molecule has 3 heteroatoms. The molecule has 0 unspecified atom stereocenters. The van der Waals surface area contributed by atoms with Crippen LogP contribution in [-0.2, 0) is 11.2 Å². The molecule has 2 N–H and O–H groups in total. The average Bonchev–Trinajstić information content (AvgIpc) is 2.46. The largest absolute Gasteiger partial charge is 0.369 e. The Morgan fingerprint density at radius 3 is 2.40 bits per heavy atom. The number of nitrogens with two attached hydrogens (primary N) is 1. The molecule has 20 heavy (non-hydrogen) atoms. The van der Waals surface area contributed by atoms with E-state index in [2.05, 4.69) is 0 Å². The quantitative estimate of drug-likeness (QED) is 0.888. The van der Waals surface area contributed by atoms with Crippen LogP contribution in [0, 0.1) is 11.7 Å². The summed E-state index contributed by atoms with van der Waals surface area (Å²) in [4.78, 5) is 11.0. The first-order valence-corrected chi connectivity index (χ1v) is 6.71. The maximum absolute atomic E-state index is 13.7. The fraction of sp³-hybridized carbons (Fsp3) is 0.235. The first kappa shape index (κ1) is 14.3. The second kappa shape index (κ2) is 6.33. The lowest BCUT2D eigenvalue weighted by Crippen LogP contribution is -2.20. The highest BCUT2D eigenvalue weighted by Crippen LogP contribution is 2.23. The fourth-order valence-corrected chi connectivity index (χ4v) is 2.07. The van der Waals surface area contributed by atoms with Gasteiger partial charge in [0.25, 0.3) is 0 Å². The van der Waals surface area contributed by atoms with E-state index in [0.717, 1.165) is 24.0 Å². The van der Waals surface area contributed by atoms with Crippen LogP contribution < -0.4 is 5.73 Å². The topological polar surface area (TPSA) is 43.1 Å². The van der Waals surface area contributed by atoms with Crippen molar-refractivity contribution in [2.24, 2.45) is 11.7 Å². The van der Waals surface area contributed by atoms with Crippen LogP contribution in [0.2, 0.25) is 0 Å². The standard InChI is InChI=1S/C17H18FNO/c1-12(17(19)20)6-7-13-8-10-14(11-9-13)15-4-2-3-5-16(15)18/h2-5,8-12H,6-7H2,1H3,(H2,19,20)/t12-/m1/s1. The van der Waals surface area contributed by atoms with Crippen LogP contribution in [0.15, 0.2) is 48.5 Å². The van der Waals surface area contributed by atoms with E-state index < -0.39 is 0 Å². The smallest absolute Gasteiger partial charge is 0.220 e. The average molecular weight is 271 g/mol. The van der Waals surface area contributed by atoms with E-state index in [1.165, 1.54) is 6.07 Å².